The molecule has 0 saturated carbocycles. The summed E-state index contributed by atoms with van der Waals surface area (Å²) < 4.78 is 0. The number of thioether (sulfide) groups is 1. The Morgan fingerprint density at radius 3 is 2.89 bits per heavy atom. The van der Waals surface area contributed by atoms with Crippen molar-refractivity contribution in [3.8, 4) is 0 Å². The molecule has 1 unspecified atom stereocenters. The van der Waals surface area contributed by atoms with Gasteiger partial charge in [-0.1, -0.05) is 38.5 Å². The van der Waals surface area contributed by atoms with Crippen molar-refractivity contribution in [2.45, 2.75) is 38.9 Å². The lowest BCUT2D eigenvalue weighted by molar-refractivity contribution is 0.479. The molecule has 1 aliphatic rings. The minimum atomic E-state index is 0.638. The minimum absolute atomic E-state index is 0.638. The van der Waals surface area contributed by atoms with Crippen LogP contribution in [-0.2, 0) is 0 Å². The Balaban J connectivity index is 1.95. The molecule has 0 radical (unpaired) electrons. The maximum Gasteiger partial charge on any atom is 0.161 e. The van der Waals surface area contributed by atoms with Crippen LogP contribution in [0.15, 0.2) is 23.5 Å². The highest BCUT2D eigenvalue weighted by molar-refractivity contribution is 8.15. The maximum absolute atomic E-state index is 4.61. The summed E-state index contributed by atoms with van der Waals surface area (Å²) in [6.45, 7) is 7.57. The van der Waals surface area contributed by atoms with Crippen LogP contribution in [-0.4, -0.2) is 21.9 Å². The first kappa shape index (κ1) is 13.4. The second kappa shape index (κ2) is 6.23. The lowest BCUT2D eigenvalue weighted by atomic mass is 9.99. The molecule has 1 N–H and O–H groups in total. The monoisotopic (exact) mass is 263 g/mol. The number of amidine groups is 1. The normalized spacial score (nSPS) is 19.1. The SMILES string of the molecule is CCC(CC)C1CN=C(Nc2cnccc2C)S1. The van der Waals surface area contributed by atoms with Crippen molar-refractivity contribution in [1.82, 2.24) is 4.98 Å². The predicted molar refractivity (Wildman–Crippen MR) is 80.3 cm³/mol. The van der Waals surface area contributed by atoms with E-state index in [1.54, 1.807) is 0 Å². The van der Waals surface area contributed by atoms with Gasteiger partial charge in [0, 0.05) is 11.4 Å². The first-order valence-electron chi connectivity index (χ1n) is 6.63. The number of nitrogens with zero attached hydrogens (tertiary/aromatic N) is 2. The Morgan fingerprint density at radius 2 is 2.22 bits per heavy atom. The van der Waals surface area contributed by atoms with E-state index in [-0.39, 0.29) is 0 Å². The van der Waals surface area contributed by atoms with Crippen LogP contribution in [0.25, 0.3) is 0 Å². The van der Waals surface area contributed by atoms with Crippen LogP contribution < -0.4 is 5.32 Å². The molecule has 0 saturated heterocycles. The van der Waals surface area contributed by atoms with Gasteiger partial charge in [-0.2, -0.15) is 0 Å². The zero-order valence-corrected chi connectivity index (χ0v) is 12.1. The predicted octanol–water partition coefficient (Wildman–Crippen LogP) is 3.71. The molecule has 1 aromatic heterocycles. The highest BCUT2D eigenvalue weighted by atomic mass is 32.2. The van der Waals surface area contributed by atoms with Gasteiger partial charge in [0.25, 0.3) is 0 Å². The van der Waals surface area contributed by atoms with Gasteiger partial charge in [-0.15, -0.1) is 0 Å². The first-order valence-corrected chi connectivity index (χ1v) is 7.51. The fraction of sp³-hybridized carbons (Fsp3) is 0.571. The second-order valence-electron chi connectivity index (χ2n) is 4.69. The van der Waals surface area contributed by atoms with Crippen molar-refractivity contribution >= 4 is 22.6 Å². The van der Waals surface area contributed by atoms with Gasteiger partial charge in [0.1, 0.15) is 0 Å². The van der Waals surface area contributed by atoms with E-state index in [4.69, 9.17) is 0 Å². The number of nitrogens with one attached hydrogen (secondary N) is 1. The Bertz CT molecular complexity index is 427. The summed E-state index contributed by atoms with van der Waals surface area (Å²) in [6.07, 6.45) is 6.16. The van der Waals surface area contributed by atoms with E-state index in [0.717, 1.165) is 23.3 Å². The minimum Gasteiger partial charge on any atom is -0.333 e. The topological polar surface area (TPSA) is 37.3 Å². The summed E-state index contributed by atoms with van der Waals surface area (Å²) in [5, 5.41) is 5.08. The number of hydrogen-bond donors (Lipinski definition) is 1. The third kappa shape index (κ3) is 3.05. The summed E-state index contributed by atoms with van der Waals surface area (Å²) in [5.41, 5.74) is 2.27. The standard InChI is InChI=1S/C14H21N3S/c1-4-11(5-2)13-9-16-14(18-13)17-12-8-15-7-6-10(12)3/h6-8,11,13H,4-5,9H2,1-3H3,(H,16,17). The fourth-order valence-electron chi connectivity index (χ4n) is 2.23. The highest BCUT2D eigenvalue weighted by Gasteiger charge is 2.26. The molecule has 0 fully saturated rings. The van der Waals surface area contributed by atoms with Crippen LogP contribution in [0.1, 0.15) is 32.3 Å². The summed E-state index contributed by atoms with van der Waals surface area (Å²) in [4.78, 5) is 8.76. The van der Waals surface area contributed by atoms with Gasteiger partial charge < -0.3 is 5.32 Å². The Hall–Kier alpha value is -1.03. The van der Waals surface area contributed by atoms with E-state index in [2.05, 4.69) is 36.1 Å². The third-order valence-electron chi connectivity index (χ3n) is 3.53. The number of aromatic nitrogens is 1. The van der Waals surface area contributed by atoms with Gasteiger partial charge in [-0.05, 0) is 24.5 Å². The maximum atomic E-state index is 4.61. The smallest absolute Gasteiger partial charge is 0.161 e. The van der Waals surface area contributed by atoms with Crippen molar-refractivity contribution in [3.05, 3.63) is 24.0 Å². The van der Waals surface area contributed by atoms with E-state index in [1.165, 1.54) is 18.4 Å². The lowest BCUT2D eigenvalue weighted by Crippen LogP contribution is -2.17. The van der Waals surface area contributed by atoms with Crippen LogP contribution in [0.3, 0.4) is 0 Å². The Morgan fingerprint density at radius 1 is 1.44 bits per heavy atom. The van der Waals surface area contributed by atoms with Crippen LogP contribution in [0.2, 0.25) is 0 Å². The number of anilines is 1. The summed E-state index contributed by atoms with van der Waals surface area (Å²) in [6, 6.07) is 2.01. The molecule has 2 heterocycles. The number of hydrogen-bond acceptors (Lipinski definition) is 4. The van der Waals surface area contributed by atoms with Crippen molar-refractivity contribution in [2.75, 3.05) is 11.9 Å². The molecular weight excluding hydrogens is 242 g/mol. The molecule has 0 bridgehead atoms. The zero-order valence-electron chi connectivity index (χ0n) is 11.3. The summed E-state index contributed by atoms with van der Waals surface area (Å²) >= 11 is 1.88. The molecule has 1 atom stereocenters. The van der Waals surface area contributed by atoms with Crippen molar-refractivity contribution in [3.63, 3.8) is 0 Å². The van der Waals surface area contributed by atoms with E-state index in [1.807, 2.05) is 30.2 Å². The van der Waals surface area contributed by atoms with Gasteiger partial charge >= 0.3 is 0 Å². The molecular formula is C14H21N3S. The van der Waals surface area contributed by atoms with Crippen LogP contribution in [0.5, 0.6) is 0 Å². The number of aliphatic imine (C=N–C) groups is 1. The van der Waals surface area contributed by atoms with Crippen LogP contribution in [0.4, 0.5) is 5.69 Å². The average Bonchev–Trinajstić information content (AvgIpc) is 2.82. The molecule has 0 aromatic carbocycles. The van der Waals surface area contributed by atoms with Gasteiger partial charge in [-0.25, -0.2) is 0 Å². The summed E-state index contributed by atoms with van der Waals surface area (Å²) in [7, 11) is 0. The second-order valence-corrected chi connectivity index (χ2v) is 5.92. The largest absolute Gasteiger partial charge is 0.333 e. The molecule has 3 nitrogen and oxygen atoms in total. The molecule has 4 heteroatoms. The van der Waals surface area contributed by atoms with Crippen LogP contribution >= 0.6 is 11.8 Å². The van der Waals surface area contributed by atoms with Gasteiger partial charge in [-0.3, -0.25) is 9.98 Å². The van der Waals surface area contributed by atoms with E-state index in [9.17, 15) is 0 Å². The van der Waals surface area contributed by atoms with Crippen molar-refractivity contribution in [1.29, 1.82) is 0 Å². The van der Waals surface area contributed by atoms with E-state index < -0.39 is 0 Å². The fourth-order valence-corrected chi connectivity index (χ4v) is 3.56. The van der Waals surface area contributed by atoms with E-state index in [0.29, 0.717) is 5.25 Å². The number of aryl methyl sites for hydroxylation is 1. The van der Waals surface area contributed by atoms with Gasteiger partial charge in [0.2, 0.25) is 0 Å². The Kier molecular flexibility index (Phi) is 4.64. The van der Waals surface area contributed by atoms with Gasteiger partial charge in [0.15, 0.2) is 5.17 Å². The molecule has 18 heavy (non-hydrogen) atoms. The zero-order chi connectivity index (χ0) is 13.0. The van der Waals surface area contributed by atoms with Crippen molar-refractivity contribution in [2.24, 2.45) is 10.9 Å². The molecule has 1 aliphatic heterocycles. The summed E-state index contributed by atoms with van der Waals surface area (Å²) in [5.74, 6) is 0.771. The quantitative estimate of drug-likeness (QED) is 0.899. The average molecular weight is 263 g/mol. The highest BCUT2D eigenvalue weighted by Crippen LogP contribution is 2.31. The molecule has 0 aliphatic carbocycles. The molecule has 2 rings (SSSR count). The number of pyridine rings is 1. The van der Waals surface area contributed by atoms with Crippen LogP contribution in [0, 0.1) is 12.8 Å². The molecule has 0 amide bonds. The van der Waals surface area contributed by atoms with E-state index >= 15 is 0 Å². The number of rotatable bonds is 4. The lowest BCUT2D eigenvalue weighted by Gasteiger charge is -2.18. The Labute approximate surface area is 113 Å². The third-order valence-corrected chi connectivity index (χ3v) is 4.82. The molecule has 0 spiro atoms. The molecule has 98 valence electrons. The van der Waals surface area contributed by atoms with Gasteiger partial charge in [0.05, 0.1) is 18.4 Å². The molecule has 1 aromatic rings. The first-order chi connectivity index (χ1) is 8.74. The van der Waals surface area contributed by atoms with Crippen molar-refractivity contribution < 1.29 is 0 Å².